The fourth-order valence-corrected chi connectivity index (χ4v) is 2.18. The van der Waals surface area contributed by atoms with Gasteiger partial charge in [-0.2, -0.15) is 0 Å². The third-order valence-corrected chi connectivity index (χ3v) is 3.44. The van der Waals surface area contributed by atoms with Gasteiger partial charge in [-0.25, -0.2) is 9.97 Å². The van der Waals surface area contributed by atoms with Crippen LogP contribution >= 0.6 is 22.6 Å². The van der Waals surface area contributed by atoms with E-state index in [1.54, 1.807) is 6.33 Å². The Hall–Kier alpha value is -1.37. The Bertz CT molecular complexity index is 569. The molecule has 1 heterocycles. The molecule has 0 radical (unpaired) electrons. The zero-order valence-corrected chi connectivity index (χ0v) is 12.7. The number of aryl methyl sites for hydroxylation is 1. The lowest BCUT2D eigenvalue weighted by molar-refractivity contribution is 1.12. The van der Waals surface area contributed by atoms with Crippen LogP contribution in [-0.2, 0) is 0 Å². The van der Waals surface area contributed by atoms with Crippen LogP contribution in [0.2, 0.25) is 0 Å². The Kier molecular flexibility index (Phi) is 4.00. The third kappa shape index (κ3) is 2.72. The van der Waals surface area contributed by atoms with Crippen molar-refractivity contribution in [1.29, 1.82) is 0 Å². The molecule has 0 unspecified atom stereocenters. The molecule has 0 aliphatic carbocycles. The summed E-state index contributed by atoms with van der Waals surface area (Å²) < 4.78 is 1.20. The number of aromatic nitrogens is 2. The monoisotopic (exact) mass is 354 g/mol. The normalized spacial score (nSPS) is 10.2. The SMILES string of the molecule is CNc1ncnc(Nc2cc(I)ccc2C)c1C. The van der Waals surface area contributed by atoms with Gasteiger partial charge >= 0.3 is 0 Å². The van der Waals surface area contributed by atoms with Crippen molar-refractivity contribution in [3.8, 4) is 0 Å². The van der Waals surface area contributed by atoms with Crippen molar-refractivity contribution < 1.29 is 0 Å². The zero-order chi connectivity index (χ0) is 13.1. The maximum absolute atomic E-state index is 4.29. The van der Waals surface area contributed by atoms with E-state index in [1.165, 1.54) is 9.13 Å². The highest BCUT2D eigenvalue weighted by molar-refractivity contribution is 14.1. The van der Waals surface area contributed by atoms with Gasteiger partial charge in [-0.3, -0.25) is 0 Å². The van der Waals surface area contributed by atoms with Crippen LogP contribution in [0.15, 0.2) is 24.5 Å². The number of hydrogen-bond donors (Lipinski definition) is 2. The molecular formula is C13H15IN4. The molecule has 0 aliphatic rings. The van der Waals surface area contributed by atoms with Gasteiger partial charge in [0.15, 0.2) is 0 Å². The summed E-state index contributed by atoms with van der Waals surface area (Å²) in [7, 11) is 1.86. The first-order valence-corrected chi connectivity index (χ1v) is 6.72. The number of benzene rings is 1. The molecule has 2 aromatic rings. The summed E-state index contributed by atoms with van der Waals surface area (Å²) in [4.78, 5) is 8.46. The molecule has 2 rings (SSSR count). The summed E-state index contributed by atoms with van der Waals surface area (Å²) in [6.45, 7) is 4.07. The molecule has 1 aromatic carbocycles. The van der Waals surface area contributed by atoms with Crippen LogP contribution in [-0.4, -0.2) is 17.0 Å². The average molecular weight is 354 g/mol. The Morgan fingerprint density at radius 3 is 2.56 bits per heavy atom. The maximum atomic E-state index is 4.29. The molecule has 2 N–H and O–H groups in total. The second-order valence-corrected chi connectivity index (χ2v) is 5.28. The molecule has 0 saturated carbocycles. The fourth-order valence-electron chi connectivity index (χ4n) is 1.68. The summed E-state index contributed by atoms with van der Waals surface area (Å²) >= 11 is 2.30. The Morgan fingerprint density at radius 1 is 1.11 bits per heavy atom. The van der Waals surface area contributed by atoms with Crippen LogP contribution in [0.1, 0.15) is 11.1 Å². The molecule has 4 nitrogen and oxygen atoms in total. The van der Waals surface area contributed by atoms with Crippen molar-refractivity contribution in [1.82, 2.24) is 9.97 Å². The van der Waals surface area contributed by atoms with E-state index < -0.39 is 0 Å². The second-order valence-electron chi connectivity index (χ2n) is 4.03. The second kappa shape index (κ2) is 5.51. The molecule has 0 aliphatic heterocycles. The Balaban J connectivity index is 2.37. The third-order valence-electron chi connectivity index (χ3n) is 2.77. The van der Waals surface area contributed by atoms with E-state index >= 15 is 0 Å². The van der Waals surface area contributed by atoms with Crippen LogP contribution < -0.4 is 10.6 Å². The Morgan fingerprint density at radius 2 is 1.83 bits per heavy atom. The van der Waals surface area contributed by atoms with Crippen molar-refractivity contribution >= 4 is 39.9 Å². The standard InChI is InChI=1S/C13H15IN4/c1-8-4-5-10(14)6-11(8)18-13-9(2)12(15-3)16-7-17-13/h4-7H,1-3H3,(H2,15,16,17,18). The molecule has 0 spiro atoms. The predicted octanol–water partition coefficient (Wildman–Crippen LogP) is 3.48. The van der Waals surface area contributed by atoms with Crippen LogP contribution in [0.5, 0.6) is 0 Å². The van der Waals surface area contributed by atoms with Gasteiger partial charge in [0.2, 0.25) is 0 Å². The number of halogens is 1. The molecule has 5 heteroatoms. The molecule has 0 fully saturated rings. The maximum Gasteiger partial charge on any atom is 0.138 e. The molecular weight excluding hydrogens is 339 g/mol. The smallest absolute Gasteiger partial charge is 0.138 e. The van der Waals surface area contributed by atoms with E-state index in [0.29, 0.717) is 0 Å². The van der Waals surface area contributed by atoms with E-state index in [4.69, 9.17) is 0 Å². The minimum Gasteiger partial charge on any atom is -0.373 e. The summed E-state index contributed by atoms with van der Waals surface area (Å²) in [5.41, 5.74) is 3.28. The van der Waals surface area contributed by atoms with Crippen LogP contribution in [0.25, 0.3) is 0 Å². The van der Waals surface area contributed by atoms with Gasteiger partial charge in [-0.1, -0.05) is 6.07 Å². The van der Waals surface area contributed by atoms with Gasteiger partial charge < -0.3 is 10.6 Å². The van der Waals surface area contributed by atoms with Crippen LogP contribution in [0, 0.1) is 17.4 Å². The predicted molar refractivity (Wildman–Crippen MR) is 83.5 cm³/mol. The van der Waals surface area contributed by atoms with Crippen molar-refractivity contribution in [2.45, 2.75) is 13.8 Å². The van der Waals surface area contributed by atoms with E-state index in [1.807, 2.05) is 14.0 Å². The minimum atomic E-state index is 0.833. The molecule has 0 saturated heterocycles. The van der Waals surface area contributed by atoms with Crippen molar-refractivity contribution in [3.05, 3.63) is 39.2 Å². The quantitative estimate of drug-likeness (QED) is 0.829. The van der Waals surface area contributed by atoms with Crippen molar-refractivity contribution in [2.75, 3.05) is 17.7 Å². The lowest BCUT2D eigenvalue weighted by Gasteiger charge is -2.13. The van der Waals surface area contributed by atoms with Crippen LogP contribution in [0.3, 0.4) is 0 Å². The minimum absolute atomic E-state index is 0.833. The lowest BCUT2D eigenvalue weighted by atomic mass is 10.2. The summed E-state index contributed by atoms with van der Waals surface area (Å²) in [6.07, 6.45) is 1.56. The molecule has 0 atom stereocenters. The number of nitrogens with one attached hydrogen (secondary N) is 2. The molecule has 0 amide bonds. The summed E-state index contributed by atoms with van der Waals surface area (Å²) in [5.74, 6) is 1.68. The van der Waals surface area contributed by atoms with Gasteiger partial charge in [0.05, 0.1) is 0 Å². The molecule has 94 valence electrons. The number of nitrogens with zero attached hydrogens (tertiary/aromatic N) is 2. The highest BCUT2D eigenvalue weighted by atomic mass is 127. The first kappa shape index (κ1) is 13.1. The Labute approximate surface area is 120 Å². The highest BCUT2D eigenvalue weighted by Gasteiger charge is 2.07. The van der Waals surface area contributed by atoms with Gasteiger partial charge in [-0.15, -0.1) is 0 Å². The highest BCUT2D eigenvalue weighted by Crippen LogP contribution is 2.25. The lowest BCUT2D eigenvalue weighted by Crippen LogP contribution is -2.03. The zero-order valence-electron chi connectivity index (χ0n) is 10.6. The van der Waals surface area contributed by atoms with Crippen LogP contribution in [0.4, 0.5) is 17.3 Å². The van der Waals surface area contributed by atoms with Crippen molar-refractivity contribution in [2.24, 2.45) is 0 Å². The van der Waals surface area contributed by atoms with Gasteiger partial charge in [-0.05, 0) is 54.1 Å². The number of hydrogen-bond acceptors (Lipinski definition) is 4. The summed E-state index contributed by atoms with van der Waals surface area (Å²) in [6, 6.07) is 6.29. The van der Waals surface area contributed by atoms with E-state index in [-0.39, 0.29) is 0 Å². The first-order chi connectivity index (χ1) is 8.61. The fraction of sp³-hybridized carbons (Fsp3) is 0.231. The molecule has 18 heavy (non-hydrogen) atoms. The van der Waals surface area contributed by atoms with E-state index in [0.717, 1.165) is 22.9 Å². The number of anilines is 3. The van der Waals surface area contributed by atoms with E-state index in [9.17, 15) is 0 Å². The first-order valence-electron chi connectivity index (χ1n) is 5.64. The topological polar surface area (TPSA) is 49.8 Å². The van der Waals surface area contributed by atoms with Gasteiger partial charge in [0, 0.05) is 21.9 Å². The summed E-state index contributed by atoms with van der Waals surface area (Å²) in [5, 5.41) is 6.41. The average Bonchev–Trinajstić information content (AvgIpc) is 2.36. The van der Waals surface area contributed by atoms with Gasteiger partial charge in [0.25, 0.3) is 0 Å². The van der Waals surface area contributed by atoms with E-state index in [2.05, 4.69) is 68.3 Å². The van der Waals surface area contributed by atoms with Gasteiger partial charge in [0.1, 0.15) is 18.0 Å². The van der Waals surface area contributed by atoms with Crippen molar-refractivity contribution in [3.63, 3.8) is 0 Å². The molecule has 0 bridgehead atoms. The number of rotatable bonds is 3. The molecule has 1 aromatic heterocycles. The largest absolute Gasteiger partial charge is 0.373 e.